The van der Waals surface area contributed by atoms with Crippen molar-refractivity contribution in [2.45, 2.75) is 0 Å². The van der Waals surface area contributed by atoms with E-state index in [0.29, 0.717) is 0 Å². The molecule has 0 aromatic rings. The van der Waals surface area contributed by atoms with Crippen LogP contribution in [-0.2, 0) is 0 Å². The Hall–Kier alpha value is -1.45. The Morgan fingerprint density at radius 1 is 1.80 bits per heavy atom. The van der Waals surface area contributed by atoms with Crippen molar-refractivity contribution in [1.82, 2.24) is 10.6 Å². The summed E-state index contributed by atoms with van der Waals surface area (Å²) in [5.41, 5.74) is 5.62. The Morgan fingerprint density at radius 2 is 2.60 bits per heavy atom. The molecule has 10 heavy (non-hydrogen) atoms. The molecule has 0 bridgehead atoms. The molecule has 0 aliphatic carbocycles. The first-order valence-corrected chi connectivity index (χ1v) is 2.95. The molecule has 0 saturated carbocycles. The Labute approximate surface area is 58.8 Å². The number of nitrogens with two attached hydrogens (primary N) is 1. The van der Waals surface area contributed by atoms with E-state index >= 15 is 0 Å². The fraction of sp³-hybridized carbons (Fsp3) is 0.167. The van der Waals surface area contributed by atoms with Crippen LogP contribution in [0.4, 0.5) is 4.79 Å². The first-order valence-electron chi connectivity index (χ1n) is 2.95. The molecule has 2 amide bonds. The Bertz CT molecular complexity index is 195. The van der Waals surface area contributed by atoms with Gasteiger partial charge < -0.3 is 16.4 Å². The van der Waals surface area contributed by atoms with Crippen LogP contribution in [0, 0.1) is 0 Å². The van der Waals surface area contributed by atoms with Crippen molar-refractivity contribution in [2.75, 3.05) is 6.54 Å². The summed E-state index contributed by atoms with van der Waals surface area (Å²) in [5.74, 6) is 0. The van der Waals surface area contributed by atoms with E-state index in [0.717, 1.165) is 12.2 Å². The van der Waals surface area contributed by atoms with Crippen molar-refractivity contribution in [3.63, 3.8) is 0 Å². The maximum Gasteiger partial charge on any atom is 0.316 e. The van der Waals surface area contributed by atoms with Crippen LogP contribution in [0.1, 0.15) is 0 Å². The van der Waals surface area contributed by atoms with Crippen molar-refractivity contribution in [3.05, 3.63) is 24.0 Å². The molecule has 0 spiro atoms. The lowest BCUT2D eigenvalue weighted by Gasteiger charge is -2.07. The molecule has 0 radical (unpaired) electrons. The highest BCUT2D eigenvalue weighted by molar-refractivity contribution is 5.74. The molecule has 4 nitrogen and oxygen atoms in total. The molecule has 4 N–H and O–H groups in total. The largest absolute Gasteiger partial charge is 0.387 e. The van der Waals surface area contributed by atoms with E-state index in [4.69, 9.17) is 5.73 Å². The Morgan fingerprint density at radius 3 is 3.10 bits per heavy atom. The SMILES string of the molecule is NC(=O)NC1=CCNC=C1. The van der Waals surface area contributed by atoms with Gasteiger partial charge in [-0.15, -0.1) is 0 Å². The summed E-state index contributed by atoms with van der Waals surface area (Å²) < 4.78 is 0. The third-order valence-electron chi connectivity index (χ3n) is 1.09. The zero-order chi connectivity index (χ0) is 7.40. The third-order valence-corrected chi connectivity index (χ3v) is 1.09. The first-order chi connectivity index (χ1) is 4.79. The van der Waals surface area contributed by atoms with Crippen LogP contribution in [0.5, 0.6) is 0 Å². The van der Waals surface area contributed by atoms with Gasteiger partial charge in [-0.2, -0.15) is 0 Å². The summed E-state index contributed by atoms with van der Waals surface area (Å²) in [6, 6.07) is -0.530. The second-order valence-corrected chi connectivity index (χ2v) is 1.89. The molecule has 0 aromatic heterocycles. The minimum Gasteiger partial charge on any atom is -0.387 e. The number of hydrogen-bond donors (Lipinski definition) is 3. The van der Waals surface area contributed by atoms with E-state index in [2.05, 4.69) is 10.6 Å². The van der Waals surface area contributed by atoms with Crippen LogP contribution >= 0.6 is 0 Å². The Kier molecular flexibility index (Phi) is 1.94. The zero-order valence-electron chi connectivity index (χ0n) is 5.42. The smallest absolute Gasteiger partial charge is 0.316 e. The van der Waals surface area contributed by atoms with Gasteiger partial charge >= 0.3 is 6.03 Å². The highest BCUT2D eigenvalue weighted by atomic mass is 16.2. The van der Waals surface area contributed by atoms with Crippen LogP contribution in [0.2, 0.25) is 0 Å². The number of carbonyl (C=O) groups is 1. The number of dihydropyridines is 1. The van der Waals surface area contributed by atoms with Crippen molar-refractivity contribution < 1.29 is 4.79 Å². The number of nitrogens with one attached hydrogen (secondary N) is 2. The Balaban J connectivity index is 2.48. The highest BCUT2D eigenvalue weighted by Crippen LogP contribution is 1.93. The average molecular weight is 139 g/mol. The van der Waals surface area contributed by atoms with Gasteiger partial charge in [0, 0.05) is 12.2 Å². The number of carbonyl (C=O) groups excluding carboxylic acids is 1. The molecule has 1 rings (SSSR count). The molecule has 54 valence electrons. The van der Waals surface area contributed by atoms with Gasteiger partial charge in [0.2, 0.25) is 0 Å². The van der Waals surface area contributed by atoms with Gasteiger partial charge in [0.15, 0.2) is 0 Å². The number of amides is 2. The standard InChI is InChI=1S/C6H9N3O/c7-6(10)9-5-1-3-8-4-2-5/h1-3,8H,4H2,(H3,7,9,10). The van der Waals surface area contributed by atoms with Crippen molar-refractivity contribution in [2.24, 2.45) is 5.73 Å². The van der Waals surface area contributed by atoms with E-state index in [1.165, 1.54) is 0 Å². The molecule has 1 aliphatic heterocycles. The zero-order valence-corrected chi connectivity index (χ0v) is 5.42. The second-order valence-electron chi connectivity index (χ2n) is 1.89. The number of rotatable bonds is 1. The molecular weight excluding hydrogens is 130 g/mol. The molecule has 0 fully saturated rings. The van der Waals surface area contributed by atoms with E-state index in [1.807, 2.05) is 6.08 Å². The van der Waals surface area contributed by atoms with E-state index in [9.17, 15) is 4.79 Å². The number of primary amides is 1. The lowest BCUT2D eigenvalue weighted by molar-refractivity contribution is 0.251. The van der Waals surface area contributed by atoms with Crippen LogP contribution in [-0.4, -0.2) is 12.6 Å². The molecular formula is C6H9N3O. The van der Waals surface area contributed by atoms with Gasteiger partial charge in [-0.05, 0) is 18.4 Å². The minimum atomic E-state index is -0.530. The maximum atomic E-state index is 10.3. The van der Waals surface area contributed by atoms with E-state index < -0.39 is 6.03 Å². The van der Waals surface area contributed by atoms with E-state index in [-0.39, 0.29) is 0 Å². The molecule has 4 heteroatoms. The van der Waals surface area contributed by atoms with Crippen LogP contribution < -0.4 is 16.4 Å². The summed E-state index contributed by atoms with van der Waals surface area (Å²) in [5, 5.41) is 5.39. The molecule has 0 aromatic carbocycles. The number of hydrogen-bond acceptors (Lipinski definition) is 2. The lowest BCUT2D eigenvalue weighted by atomic mass is 10.3. The molecule has 1 aliphatic rings. The van der Waals surface area contributed by atoms with Gasteiger partial charge in [-0.3, -0.25) is 0 Å². The van der Waals surface area contributed by atoms with Gasteiger partial charge in [0.25, 0.3) is 0 Å². The number of allylic oxidation sites excluding steroid dienone is 1. The average Bonchev–Trinajstić information content (AvgIpc) is 1.88. The summed E-state index contributed by atoms with van der Waals surface area (Å²) in [6.07, 6.45) is 5.34. The summed E-state index contributed by atoms with van der Waals surface area (Å²) in [7, 11) is 0. The fourth-order valence-corrected chi connectivity index (χ4v) is 0.689. The predicted molar refractivity (Wildman–Crippen MR) is 37.9 cm³/mol. The van der Waals surface area contributed by atoms with Crippen molar-refractivity contribution in [1.29, 1.82) is 0 Å². The molecule has 0 saturated heterocycles. The third kappa shape index (κ3) is 1.81. The van der Waals surface area contributed by atoms with Gasteiger partial charge in [0.1, 0.15) is 0 Å². The maximum absolute atomic E-state index is 10.3. The lowest BCUT2D eigenvalue weighted by Crippen LogP contribution is -2.29. The normalized spacial score (nSPS) is 15.4. The number of urea groups is 1. The molecule has 1 heterocycles. The summed E-state index contributed by atoms with van der Waals surface area (Å²) >= 11 is 0. The van der Waals surface area contributed by atoms with Crippen molar-refractivity contribution >= 4 is 6.03 Å². The molecule has 0 atom stereocenters. The highest BCUT2D eigenvalue weighted by Gasteiger charge is 1.96. The minimum absolute atomic E-state index is 0.530. The quantitative estimate of drug-likeness (QED) is 0.465. The van der Waals surface area contributed by atoms with Gasteiger partial charge in [-0.1, -0.05) is 0 Å². The first kappa shape index (κ1) is 6.67. The summed E-state index contributed by atoms with van der Waals surface area (Å²) in [6.45, 7) is 0.728. The fourth-order valence-electron chi connectivity index (χ4n) is 0.689. The molecule has 0 unspecified atom stereocenters. The van der Waals surface area contributed by atoms with Crippen LogP contribution in [0.25, 0.3) is 0 Å². The van der Waals surface area contributed by atoms with E-state index in [1.54, 1.807) is 12.3 Å². The van der Waals surface area contributed by atoms with Gasteiger partial charge in [0.05, 0.1) is 0 Å². The van der Waals surface area contributed by atoms with Gasteiger partial charge in [-0.25, -0.2) is 4.79 Å². The topological polar surface area (TPSA) is 67.2 Å². The van der Waals surface area contributed by atoms with Crippen LogP contribution in [0.3, 0.4) is 0 Å². The van der Waals surface area contributed by atoms with Crippen LogP contribution in [0.15, 0.2) is 24.0 Å². The predicted octanol–water partition coefficient (Wildman–Crippen LogP) is -0.345. The monoisotopic (exact) mass is 139 g/mol. The summed E-state index contributed by atoms with van der Waals surface area (Å²) in [4.78, 5) is 10.3. The second kappa shape index (κ2) is 2.91. The van der Waals surface area contributed by atoms with Crippen molar-refractivity contribution in [3.8, 4) is 0 Å².